The van der Waals surface area contributed by atoms with Crippen LogP contribution in [0.15, 0.2) is 24.3 Å². The summed E-state index contributed by atoms with van der Waals surface area (Å²) in [6.45, 7) is 4.00. The summed E-state index contributed by atoms with van der Waals surface area (Å²) in [5, 5.41) is 2.37. The average molecular weight is 319 g/mol. The summed E-state index contributed by atoms with van der Waals surface area (Å²) in [5.74, 6) is 0.564. The Morgan fingerprint density at radius 1 is 1.38 bits per heavy atom. The minimum atomic E-state index is -4.20. The SMILES string of the molecule is CCCCOP(=O)(O)O.CNC(=O)Oc1cccc(C)c1. The minimum absolute atomic E-state index is 0.140. The van der Waals surface area contributed by atoms with Crippen LogP contribution in [0.3, 0.4) is 0 Å². The van der Waals surface area contributed by atoms with E-state index < -0.39 is 13.9 Å². The van der Waals surface area contributed by atoms with Gasteiger partial charge in [-0.05, 0) is 31.0 Å². The van der Waals surface area contributed by atoms with Crippen LogP contribution in [-0.2, 0) is 9.09 Å². The van der Waals surface area contributed by atoms with Crippen molar-refractivity contribution in [3.8, 4) is 5.75 Å². The molecular formula is C13H22NO6P. The number of aryl methyl sites for hydroxylation is 1. The van der Waals surface area contributed by atoms with Gasteiger partial charge in [0.15, 0.2) is 0 Å². The zero-order valence-corrected chi connectivity index (χ0v) is 13.3. The van der Waals surface area contributed by atoms with Crippen LogP contribution in [-0.4, -0.2) is 29.5 Å². The Balaban J connectivity index is 0.000000400. The van der Waals surface area contributed by atoms with Crippen LogP contribution >= 0.6 is 7.82 Å². The van der Waals surface area contributed by atoms with Crippen LogP contribution in [0.5, 0.6) is 5.75 Å². The summed E-state index contributed by atoms with van der Waals surface area (Å²) in [6, 6.07) is 7.32. The van der Waals surface area contributed by atoms with Crippen molar-refractivity contribution in [3.63, 3.8) is 0 Å². The molecule has 0 saturated carbocycles. The number of carbonyl (C=O) groups is 1. The smallest absolute Gasteiger partial charge is 0.410 e. The normalized spacial score (nSPS) is 10.3. The fourth-order valence-electron chi connectivity index (χ4n) is 1.16. The molecule has 0 fully saturated rings. The molecule has 0 aliphatic rings. The van der Waals surface area contributed by atoms with Crippen molar-refractivity contribution in [1.82, 2.24) is 5.32 Å². The fraction of sp³-hybridized carbons (Fsp3) is 0.462. The molecular weight excluding hydrogens is 297 g/mol. The highest BCUT2D eigenvalue weighted by Gasteiger charge is 2.11. The van der Waals surface area contributed by atoms with Crippen LogP contribution in [0.25, 0.3) is 0 Å². The highest BCUT2D eigenvalue weighted by atomic mass is 31.2. The first-order valence-electron chi connectivity index (χ1n) is 6.44. The van der Waals surface area contributed by atoms with Crippen molar-refractivity contribution in [2.75, 3.05) is 13.7 Å². The van der Waals surface area contributed by atoms with Crippen LogP contribution in [0.4, 0.5) is 4.79 Å². The predicted molar refractivity (Wildman–Crippen MR) is 79.2 cm³/mol. The van der Waals surface area contributed by atoms with E-state index in [4.69, 9.17) is 14.5 Å². The first-order chi connectivity index (χ1) is 9.78. The third-order valence-electron chi connectivity index (χ3n) is 2.16. The Morgan fingerprint density at radius 2 is 2.05 bits per heavy atom. The topological polar surface area (TPSA) is 105 Å². The molecule has 0 unspecified atom stereocenters. The molecule has 0 spiro atoms. The number of hydrogen-bond acceptors (Lipinski definition) is 4. The van der Waals surface area contributed by atoms with Crippen molar-refractivity contribution < 1.29 is 28.4 Å². The average Bonchev–Trinajstić information content (AvgIpc) is 2.38. The second kappa shape index (κ2) is 10.3. The van der Waals surface area contributed by atoms with E-state index in [2.05, 4.69) is 9.84 Å². The van der Waals surface area contributed by atoms with Gasteiger partial charge in [0.25, 0.3) is 0 Å². The molecule has 0 aliphatic heterocycles. The Labute approximate surface area is 124 Å². The lowest BCUT2D eigenvalue weighted by Crippen LogP contribution is -2.21. The summed E-state index contributed by atoms with van der Waals surface area (Å²) < 4.78 is 19.0. The number of ether oxygens (including phenoxy) is 1. The van der Waals surface area contributed by atoms with E-state index in [1.807, 2.05) is 26.0 Å². The second-order valence-corrected chi connectivity index (χ2v) is 5.37. The molecule has 8 heteroatoms. The zero-order chi connectivity index (χ0) is 16.3. The predicted octanol–water partition coefficient (Wildman–Crippen LogP) is 2.61. The van der Waals surface area contributed by atoms with Gasteiger partial charge in [-0.2, -0.15) is 0 Å². The molecule has 0 aliphatic carbocycles. The summed E-state index contributed by atoms with van der Waals surface area (Å²) >= 11 is 0. The van der Waals surface area contributed by atoms with E-state index in [1.165, 1.54) is 7.05 Å². The van der Waals surface area contributed by atoms with Gasteiger partial charge >= 0.3 is 13.9 Å². The number of carbonyl (C=O) groups excluding carboxylic acids is 1. The Bertz CT molecular complexity index is 473. The molecule has 21 heavy (non-hydrogen) atoms. The van der Waals surface area contributed by atoms with Crippen molar-refractivity contribution in [2.45, 2.75) is 26.7 Å². The Morgan fingerprint density at radius 3 is 2.52 bits per heavy atom. The lowest BCUT2D eigenvalue weighted by atomic mass is 10.2. The minimum Gasteiger partial charge on any atom is -0.410 e. The molecule has 0 saturated heterocycles. The number of nitrogens with one attached hydrogen (secondary N) is 1. The highest BCUT2D eigenvalue weighted by Crippen LogP contribution is 2.35. The maximum absolute atomic E-state index is 10.8. The van der Waals surface area contributed by atoms with Gasteiger partial charge in [-0.1, -0.05) is 25.5 Å². The van der Waals surface area contributed by atoms with E-state index in [0.717, 1.165) is 12.0 Å². The molecule has 0 aromatic heterocycles. The summed E-state index contributed by atoms with van der Waals surface area (Å²) in [5.41, 5.74) is 1.07. The van der Waals surface area contributed by atoms with Gasteiger partial charge in [-0.25, -0.2) is 9.36 Å². The van der Waals surface area contributed by atoms with Crippen LogP contribution in [0, 0.1) is 6.92 Å². The number of rotatable bonds is 5. The van der Waals surface area contributed by atoms with Gasteiger partial charge in [-0.15, -0.1) is 0 Å². The van der Waals surface area contributed by atoms with Crippen molar-refractivity contribution in [2.24, 2.45) is 0 Å². The summed E-state index contributed by atoms with van der Waals surface area (Å²) in [6.07, 6.45) is 1.12. The molecule has 0 heterocycles. The lowest BCUT2D eigenvalue weighted by molar-refractivity contribution is 0.194. The first kappa shape index (κ1) is 19.6. The molecule has 7 nitrogen and oxygen atoms in total. The van der Waals surface area contributed by atoms with E-state index in [0.29, 0.717) is 12.2 Å². The van der Waals surface area contributed by atoms with E-state index in [1.54, 1.807) is 12.1 Å². The lowest BCUT2D eigenvalue weighted by Gasteiger charge is -2.02. The zero-order valence-electron chi connectivity index (χ0n) is 12.4. The van der Waals surface area contributed by atoms with Gasteiger partial charge in [0.2, 0.25) is 0 Å². The summed E-state index contributed by atoms with van der Waals surface area (Å²) in [4.78, 5) is 27.0. The third kappa shape index (κ3) is 12.1. The number of amides is 1. The molecule has 1 rings (SSSR count). The molecule has 1 amide bonds. The van der Waals surface area contributed by atoms with E-state index >= 15 is 0 Å². The number of phosphoric ester groups is 1. The van der Waals surface area contributed by atoms with Crippen molar-refractivity contribution in [1.29, 1.82) is 0 Å². The van der Waals surface area contributed by atoms with Crippen molar-refractivity contribution in [3.05, 3.63) is 29.8 Å². The molecule has 120 valence electrons. The Hall–Kier alpha value is -1.40. The molecule has 0 bridgehead atoms. The van der Waals surface area contributed by atoms with Crippen LogP contribution in [0.2, 0.25) is 0 Å². The molecule has 0 radical (unpaired) electrons. The largest absolute Gasteiger partial charge is 0.469 e. The van der Waals surface area contributed by atoms with Gasteiger partial charge in [-0.3, -0.25) is 4.52 Å². The van der Waals surface area contributed by atoms with E-state index in [9.17, 15) is 9.36 Å². The van der Waals surface area contributed by atoms with Gasteiger partial charge in [0.05, 0.1) is 6.61 Å². The standard InChI is InChI=1S/C9H11NO2.C4H11O4P/c1-7-4-3-5-8(6-7)12-9(11)10-2;1-2-3-4-8-9(5,6)7/h3-6H,1-2H3,(H,10,11);2-4H2,1H3,(H2,5,6,7). The van der Waals surface area contributed by atoms with Crippen LogP contribution in [0.1, 0.15) is 25.3 Å². The first-order valence-corrected chi connectivity index (χ1v) is 7.97. The fourth-order valence-corrected chi connectivity index (χ4v) is 1.53. The summed E-state index contributed by atoms with van der Waals surface area (Å²) in [7, 11) is -2.67. The monoisotopic (exact) mass is 319 g/mol. The Kier molecular flexibility index (Phi) is 9.65. The van der Waals surface area contributed by atoms with Gasteiger partial charge < -0.3 is 19.8 Å². The molecule has 1 aromatic rings. The second-order valence-electron chi connectivity index (χ2n) is 4.13. The molecule has 3 N–H and O–H groups in total. The molecule has 0 atom stereocenters. The number of unbranched alkanes of at least 4 members (excludes halogenated alkanes) is 1. The maximum Gasteiger partial charge on any atom is 0.469 e. The van der Waals surface area contributed by atoms with Gasteiger partial charge in [0, 0.05) is 7.05 Å². The highest BCUT2D eigenvalue weighted by molar-refractivity contribution is 7.46. The van der Waals surface area contributed by atoms with E-state index in [-0.39, 0.29) is 6.61 Å². The van der Waals surface area contributed by atoms with Gasteiger partial charge in [0.1, 0.15) is 5.75 Å². The molecule has 1 aromatic carbocycles. The quantitative estimate of drug-likeness (QED) is 0.569. The van der Waals surface area contributed by atoms with Crippen molar-refractivity contribution >= 4 is 13.9 Å². The number of benzene rings is 1. The van der Waals surface area contributed by atoms with Crippen LogP contribution < -0.4 is 10.1 Å². The number of phosphoric acid groups is 1. The number of hydrogen-bond donors (Lipinski definition) is 3. The maximum atomic E-state index is 10.8. The third-order valence-corrected chi connectivity index (χ3v) is 2.68.